The van der Waals surface area contributed by atoms with Crippen LogP contribution in [-0.4, -0.2) is 58.9 Å². The van der Waals surface area contributed by atoms with E-state index in [1.54, 1.807) is 0 Å². The third kappa shape index (κ3) is 5.56. The molecule has 2 fully saturated rings. The van der Waals surface area contributed by atoms with Crippen LogP contribution in [-0.2, 0) is 19.0 Å². The summed E-state index contributed by atoms with van der Waals surface area (Å²) in [6.07, 6.45) is 9.01. The second-order valence-corrected chi connectivity index (χ2v) is 8.55. The minimum atomic E-state index is -0.521. The molecule has 3 rings (SSSR count). The first-order valence-electron chi connectivity index (χ1n) is 11.1. The Morgan fingerprint density at radius 3 is 2.07 bits per heavy atom. The number of aliphatic hydroxyl groups is 2. The Balaban J connectivity index is 1.37. The van der Waals surface area contributed by atoms with Gasteiger partial charge in [-0.25, -0.2) is 4.79 Å². The van der Waals surface area contributed by atoms with Gasteiger partial charge in [0.15, 0.2) is 0 Å². The first kappa shape index (κ1) is 21.8. The molecule has 7 atom stereocenters. The van der Waals surface area contributed by atoms with Gasteiger partial charge in [-0.1, -0.05) is 19.8 Å². The number of hydrogen-bond donors (Lipinski definition) is 2. The summed E-state index contributed by atoms with van der Waals surface area (Å²) in [5, 5.41) is 20.8. The molecule has 0 saturated carbocycles. The molecule has 160 valence electrons. The predicted molar refractivity (Wildman–Crippen MR) is 105 cm³/mol. The zero-order chi connectivity index (χ0) is 20.1. The van der Waals surface area contributed by atoms with E-state index in [9.17, 15) is 15.0 Å². The molecular formula is C22H36O6. The van der Waals surface area contributed by atoms with Gasteiger partial charge in [0.2, 0.25) is 0 Å². The molecule has 0 radical (unpaired) electrons. The van der Waals surface area contributed by atoms with E-state index in [4.69, 9.17) is 14.2 Å². The second-order valence-electron chi connectivity index (χ2n) is 8.55. The van der Waals surface area contributed by atoms with Gasteiger partial charge in [0.1, 0.15) is 6.10 Å². The van der Waals surface area contributed by atoms with Gasteiger partial charge in [0.05, 0.1) is 36.6 Å². The van der Waals surface area contributed by atoms with E-state index in [1.165, 1.54) is 0 Å². The minimum absolute atomic E-state index is 0.0105. The van der Waals surface area contributed by atoms with Gasteiger partial charge in [-0.3, -0.25) is 0 Å². The number of aliphatic hydroxyl groups excluding tert-OH is 2. The molecule has 0 aromatic carbocycles. The second kappa shape index (κ2) is 10.2. The summed E-state index contributed by atoms with van der Waals surface area (Å²) in [5.74, 6) is -0.228. The molecule has 6 heteroatoms. The molecule has 0 spiro atoms. The molecule has 2 saturated heterocycles. The molecule has 0 bridgehead atoms. The highest BCUT2D eigenvalue weighted by molar-refractivity contribution is 5.90. The van der Waals surface area contributed by atoms with Crippen molar-refractivity contribution in [1.82, 2.24) is 0 Å². The molecule has 0 aromatic rings. The molecule has 3 heterocycles. The zero-order valence-corrected chi connectivity index (χ0v) is 17.2. The Kier molecular flexibility index (Phi) is 7.92. The topological polar surface area (TPSA) is 85.2 Å². The van der Waals surface area contributed by atoms with Crippen molar-refractivity contribution in [3.8, 4) is 0 Å². The number of unbranched alkanes of at least 4 members (excludes halogenated alkanes) is 1. The van der Waals surface area contributed by atoms with E-state index in [2.05, 4.69) is 6.92 Å². The Bertz CT molecular complexity index is 547. The third-order valence-electron chi connectivity index (χ3n) is 6.23. The number of carbonyl (C=O) groups excluding carboxylic acids is 1. The largest absolute Gasteiger partial charge is 0.455 e. The van der Waals surface area contributed by atoms with Crippen LogP contribution in [0.4, 0.5) is 0 Å². The maximum Gasteiger partial charge on any atom is 0.334 e. The van der Waals surface area contributed by atoms with Crippen molar-refractivity contribution >= 4 is 5.97 Å². The first-order valence-corrected chi connectivity index (χ1v) is 11.1. The highest BCUT2D eigenvalue weighted by Gasteiger charge is 2.40. The van der Waals surface area contributed by atoms with Gasteiger partial charge >= 0.3 is 5.97 Å². The van der Waals surface area contributed by atoms with Gasteiger partial charge in [-0.15, -0.1) is 0 Å². The number of carbonyl (C=O) groups is 1. The van der Waals surface area contributed by atoms with E-state index in [1.807, 2.05) is 13.0 Å². The van der Waals surface area contributed by atoms with E-state index >= 15 is 0 Å². The summed E-state index contributed by atoms with van der Waals surface area (Å²) in [4.78, 5) is 11.6. The van der Waals surface area contributed by atoms with Gasteiger partial charge < -0.3 is 24.4 Å². The van der Waals surface area contributed by atoms with Gasteiger partial charge in [-0.05, 0) is 64.4 Å². The molecule has 28 heavy (non-hydrogen) atoms. The third-order valence-corrected chi connectivity index (χ3v) is 6.23. The van der Waals surface area contributed by atoms with E-state index in [-0.39, 0.29) is 42.6 Å². The number of hydrogen-bond acceptors (Lipinski definition) is 6. The van der Waals surface area contributed by atoms with Crippen molar-refractivity contribution in [1.29, 1.82) is 0 Å². The highest BCUT2D eigenvalue weighted by atomic mass is 16.6. The van der Waals surface area contributed by atoms with Crippen LogP contribution in [0, 0.1) is 0 Å². The summed E-state index contributed by atoms with van der Waals surface area (Å²) >= 11 is 0. The fourth-order valence-corrected chi connectivity index (χ4v) is 4.59. The number of esters is 1. The van der Waals surface area contributed by atoms with Gasteiger partial charge in [-0.2, -0.15) is 0 Å². The van der Waals surface area contributed by atoms with Crippen LogP contribution >= 0.6 is 0 Å². The molecule has 0 aromatic heterocycles. The van der Waals surface area contributed by atoms with E-state index in [0.717, 1.165) is 56.9 Å². The van der Waals surface area contributed by atoms with Crippen molar-refractivity contribution in [3.63, 3.8) is 0 Å². The fourth-order valence-electron chi connectivity index (χ4n) is 4.59. The van der Waals surface area contributed by atoms with Crippen LogP contribution in [0.2, 0.25) is 0 Å². The summed E-state index contributed by atoms with van der Waals surface area (Å²) in [7, 11) is 0. The lowest BCUT2D eigenvalue weighted by molar-refractivity contribution is -0.139. The van der Waals surface area contributed by atoms with Crippen molar-refractivity contribution in [2.75, 3.05) is 0 Å². The molecule has 3 aliphatic rings. The predicted octanol–water partition coefficient (Wildman–Crippen LogP) is 3.04. The molecule has 0 amide bonds. The average Bonchev–Trinajstić information content (AvgIpc) is 3.39. The molecule has 6 nitrogen and oxygen atoms in total. The van der Waals surface area contributed by atoms with Crippen molar-refractivity contribution in [2.45, 2.75) is 121 Å². The van der Waals surface area contributed by atoms with Crippen molar-refractivity contribution in [3.05, 3.63) is 11.6 Å². The quantitative estimate of drug-likeness (QED) is 0.552. The van der Waals surface area contributed by atoms with Gasteiger partial charge in [0.25, 0.3) is 0 Å². The zero-order valence-electron chi connectivity index (χ0n) is 17.2. The molecule has 0 aliphatic carbocycles. The van der Waals surface area contributed by atoms with E-state index < -0.39 is 6.10 Å². The van der Waals surface area contributed by atoms with Crippen LogP contribution < -0.4 is 0 Å². The van der Waals surface area contributed by atoms with Crippen LogP contribution in [0.3, 0.4) is 0 Å². The van der Waals surface area contributed by atoms with Crippen LogP contribution in [0.5, 0.6) is 0 Å². The summed E-state index contributed by atoms with van der Waals surface area (Å²) in [6.45, 7) is 3.98. The first-order chi connectivity index (χ1) is 13.5. The summed E-state index contributed by atoms with van der Waals surface area (Å²) < 4.78 is 17.3. The average molecular weight is 397 g/mol. The molecule has 0 unspecified atom stereocenters. The van der Waals surface area contributed by atoms with Crippen molar-refractivity contribution in [2.24, 2.45) is 0 Å². The Morgan fingerprint density at radius 2 is 1.57 bits per heavy atom. The van der Waals surface area contributed by atoms with Crippen LogP contribution in [0.15, 0.2) is 11.6 Å². The summed E-state index contributed by atoms with van der Waals surface area (Å²) in [6, 6.07) is 0. The fraction of sp³-hybridized carbons (Fsp3) is 0.864. The van der Waals surface area contributed by atoms with E-state index in [0.29, 0.717) is 12.8 Å². The molecule has 2 N–H and O–H groups in total. The Morgan fingerprint density at radius 1 is 1.00 bits per heavy atom. The number of cyclic esters (lactones) is 1. The highest BCUT2D eigenvalue weighted by Crippen LogP contribution is 2.34. The Hall–Kier alpha value is -0.950. The lowest BCUT2D eigenvalue weighted by atomic mass is 10.0. The monoisotopic (exact) mass is 396 g/mol. The summed E-state index contributed by atoms with van der Waals surface area (Å²) in [5.41, 5.74) is 0.719. The number of rotatable bonds is 10. The minimum Gasteiger partial charge on any atom is -0.455 e. The van der Waals surface area contributed by atoms with Gasteiger partial charge in [0, 0.05) is 5.57 Å². The van der Waals surface area contributed by atoms with Crippen molar-refractivity contribution < 1.29 is 29.2 Å². The Labute approximate surface area is 168 Å². The molecule has 3 aliphatic heterocycles. The maximum atomic E-state index is 11.6. The number of ether oxygens (including phenoxy) is 3. The lowest BCUT2D eigenvalue weighted by Crippen LogP contribution is -2.33. The molecular weight excluding hydrogens is 360 g/mol. The maximum absolute atomic E-state index is 11.6. The lowest BCUT2D eigenvalue weighted by Gasteiger charge is -2.24. The SMILES string of the molecule is CCCC[C@H](O)[C@H]1CC[C@H]([C@H]2CC[C@H]([C@H](O)CCCC3=C[C@H](C)OC3=O)O2)O1. The van der Waals surface area contributed by atoms with Crippen LogP contribution in [0.1, 0.15) is 78.1 Å². The smallest absolute Gasteiger partial charge is 0.334 e. The normalized spacial score (nSPS) is 35.1. The standard InChI is InChI=1S/C22H36O6/c1-3-4-7-16(23)18-9-11-20(27-18)21-12-10-19(28-21)17(24)8-5-6-15-13-14(2)26-22(15)25/h13-14,16-21,23-24H,3-12H2,1-2H3/t14-,16-,17+,18+,19+,20+,21+/m0/s1. The van der Waals surface area contributed by atoms with Crippen LogP contribution in [0.25, 0.3) is 0 Å².